The van der Waals surface area contributed by atoms with Crippen LogP contribution in [-0.2, 0) is 11.3 Å². The van der Waals surface area contributed by atoms with Crippen molar-refractivity contribution >= 4 is 0 Å². The fourth-order valence-corrected chi connectivity index (χ4v) is 3.48. The zero-order chi connectivity index (χ0) is 14.0. The Morgan fingerprint density at radius 1 is 1.20 bits per heavy atom. The van der Waals surface area contributed by atoms with Gasteiger partial charge in [0.1, 0.15) is 0 Å². The lowest BCUT2D eigenvalue weighted by molar-refractivity contribution is -0.0837. The molecule has 1 heterocycles. The fourth-order valence-electron chi connectivity index (χ4n) is 3.48. The minimum Gasteiger partial charge on any atom is -0.375 e. The van der Waals surface area contributed by atoms with E-state index in [2.05, 4.69) is 5.32 Å². The summed E-state index contributed by atoms with van der Waals surface area (Å²) in [5, 5.41) is 3.47. The van der Waals surface area contributed by atoms with Gasteiger partial charge in [0.15, 0.2) is 11.6 Å². The van der Waals surface area contributed by atoms with Crippen LogP contribution in [0.25, 0.3) is 0 Å². The summed E-state index contributed by atoms with van der Waals surface area (Å²) in [4.78, 5) is 0. The van der Waals surface area contributed by atoms with Crippen LogP contribution in [-0.4, -0.2) is 18.2 Å². The van der Waals surface area contributed by atoms with E-state index in [4.69, 9.17) is 4.74 Å². The predicted octanol–water partition coefficient (Wildman–Crippen LogP) is 3.55. The monoisotopic (exact) mass is 281 g/mol. The zero-order valence-corrected chi connectivity index (χ0v) is 11.6. The molecule has 3 rings (SSSR count). The van der Waals surface area contributed by atoms with Crippen molar-refractivity contribution in [1.82, 2.24) is 5.32 Å². The second-order valence-electron chi connectivity index (χ2n) is 6.06. The number of ether oxygens (including phenoxy) is 1. The van der Waals surface area contributed by atoms with E-state index >= 15 is 0 Å². The first-order chi connectivity index (χ1) is 9.67. The highest BCUT2D eigenvalue weighted by Gasteiger charge is 2.39. The van der Waals surface area contributed by atoms with Crippen molar-refractivity contribution in [1.29, 1.82) is 0 Å². The highest BCUT2D eigenvalue weighted by molar-refractivity contribution is 5.17. The number of hydrogen-bond acceptors (Lipinski definition) is 2. The summed E-state index contributed by atoms with van der Waals surface area (Å²) in [5.74, 6) is -1.56. The highest BCUT2D eigenvalue weighted by atomic mass is 19.2. The number of nitrogens with one attached hydrogen (secondary N) is 1. The molecule has 1 unspecified atom stereocenters. The largest absolute Gasteiger partial charge is 0.375 e. The Balaban J connectivity index is 1.56. The molecule has 2 fully saturated rings. The number of rotatable bonds is 3. The van der Waals surface area contributed by atoms with Gasteiger partial charge in [0.05, 0.1) is 5.60 Å². The Morgan fingerprint density at radius 2 is 2.00 bits per heavy atom. The normalized spacial score (nSPS) is 25.2. The van der Waals surface area contributed by atoms with Gasteiger partial charge in [-0.05, 0) is 43.4 Å². The molecule has 1 spiro atoms. The first-order valence-electron chi connectivity index (χ1n) is 7.48. The molecular weight excluding hydrogens is 260 g/mol. The maximum atomic E-state index is 13.2. The lowest BCUT2D eigenvalue weighted by Gasteiger charge is -2.38. The van der Waals surface area contributed by atoms with E-state index < -0.39 is 11.6 Å². The smallest absolute Gasteiger partial charge is 0.159 e. The standard InChI is InChI=1S/C16H21F2NO/c17-14-4-3-12(9-15(14)18)11-19-13-5-8-20-16(10-13)6-1-2-7-16/h3-4,9,13,19H,1-2,5-8,10-11H2. The Bertz CT molecular complexity index is 472. The van der Waals surface area contributed by atoms with Gasteiger partial charge in [-0.25, -0.2) is 8.78 Å². The van der Waals surface area contributed by atoms with Crippen molar-refractivity contribution in [2.24, 2.45) is 0 Å². The summed E-state index contributed by atoms with van der Waals surface area (Å²) in [6.45, 7) is 1.38. The molecule has 0 amide bonds. The maximum absolute atomic E-state index is 13.2. The van der Waals surface area contributed by atoms with Crippen LogP contribution in [0.5, 0.6) is 0 Å². The van der Waals surface area contributed by atoms with Gasteiger partial charge in [0.25, 0.3) is 0 Å². The molecule has 1 aliphatic carbocycles. The Labute approximate surface area is 118 Å². The molecule has 1 atom stereocenters. The third-order valence-corrected chi connectivity index (χ3v) is 4.59. The molecular formula is C16H21F2NO. The Morgan fingerprint density at radius 3 is 2.75 bits per heavy atom. The van der Waals surface area contributed by atoms with E-state index in [1.54, 1.807) is 6.07 Å². The lowest BCUT2D eigenvalue weighted by atomic mass is 9.89. The van der Waals surface area contributed by atoms with Crippen molar-refractivity contribution in [3.63, 3.8) is 0 Å². The van der Waals surface area contributed by atoms with Gasteiger partial charge in [-0.15, -0.1) is 0 Å². The van der Waals surface area contributed by atoms with Gasteiger partial charge in [-0.3, -0.25) is 0 Å². The average molecular weight is 281 g/mol. The molecule has 1 saturated carbocycles. The zero-order valence-electron chi connectivity index (χ0n) is 11.6. The van der Waals surface area contributed by atoms with Crippen LogP contribution in [0.1, 0.15) is 44.1 Å². The molecule has 0 aromatic heterocycles. The van der Waals surface area contributed by atoms with E-state index in [1.807, 2.05) is 0 Å². The van der Waals surface area contributed by atoms with E-state index in [0.717, 1.165) is 37.9 Å². The maximum Gasteiger partial charge on any atom is 0.159 e. The van der Waals surface area contributed by atoms with Crippen LogP contribution < -0.4 is 5.32 Å². The number of benzene rings is 1. The van der Waals surface area contributed by atoms with Gasteiger partial charge in [-0.1, -0.05) is 18.9 Å². The second-order valence-corrected chi connectivity index (χ2v) is 6.06. The van der Waals surface area contributed by atoms with Gasteiger partial charge in [0.2, 0.25) is 0 Å². The van der Waals surface area contributed by atoms with Crippen molar-refractivity contribution < 1.29 is 13.5 Å². The van der Waals surface area contributed by atoms with Crippen LogP contribution in [0.15, 0.2) is 18.2 Å². The van der Waals surface area contributed by atoms with Gasteiger partial charge in [0, 0.05) is 19.2 Å². The molecule has 1 N–H and O–H groups in total. The lowest BCUT2D eigenvalue weighted by Crippen LogP contribution is -2.45. The van der Waals surface area contributed by atoms with Crippen molar-refractivity contribution in [2.45, 2.75) is 56.7 Å². The molecule has 1 aromatic carbocycles. The molecule has 20 heavy (non-hydrogen) atoms. The first kappa shape index (κ1) is 14.0. The summed E-state index contributed by atoms with van der Waals surface area (Å²) in [6.07, 6.45) is 6.88. The third kappa shape index (κ3) is 3.01. The van der Waals surface area contributed by atoms with E-state index in [-0.39, 0.29) is 5.60 Å². The molecule has 0 bridgehead atoms. The molecule has 2 nitrogen and oxygen atoms in total. The molecule has 1 aliphatic heterocycles. The summed E-state index contributed by atoms with van der Waals surface area (Å²) in [7, 11) is 0. The number of halogens is 2. The van der Waals surface area contributed by atoms with E-state index in [9.17, 15) is 8.78 Å². The quantitative estimate of drug-likeness (QED) is 0.915. The van der Waals surface area contributed by atoms with Crippen molar-refractivity contribution in [3.05, 3.63) is 35.4 Å². The van der Waals surface area contributed by atoms with Gasteiger partial charge in [-0.2, -0.15) is 0 Å². The van der Waals surface area contributed by atoms with Crippen LogP contribution in [0.3, 0.4) is 0 Å². The van der Waals surface area contributed by atoms with E-state index in [0.29, 0.717) is 12.6 Å². The second kappa shape index (κ2) is 5.78. The fraction of sp³-hybridized carbons (Fsp3) is 0.625. The molecule has 4 heteroatoms. The van der Waals surface area contributed by atoms with Gasteiger partial charge < -0.3 is 10.1 Å². The summed E-state index contributed by atoms with van der Waals surface area (Å²) < 4.78 is 32.0. The highest BCUT2D eigenvalue weighted by Crippen LogP contribution is 2.39. The molecule has 0 radical (unpaired) electrons. The minimum atomic E-state index is -0.787. The predicted molar refractivity (Wildman–Crippen MR) is 73.4 cm³/mol. The average Bonchev–Trinajstić information content (AvgIpc) is 2.88. The summed E-state index contributed by atoms with van der Waals surface area (Å²) >= 11 is 0. The van der Waals surface area contributed by atoms with Crippen LogP contribution in [0, 0.1) is 11.6 Å². The van der Waals surface area contributed by atoms with Crippen molar-refractivity contribution in [3.8, 4) is 0 Å². The molecule has 1 saturated heterocycles. The van der Waals surface area contributed by atoms with Crippen LogP contribution >= 0.6 is 0 Å². The van der Waals surface area contributed by atoms with Gasteiger partial charge >= 0.3 is 0 Å². The molecule has 2 aliphatic rings. The Hall–Kier alpha value is -1.00. The summed E-state index contributed by atoms with van der Waals surface area (Å²) in [5.41, 5.74) is 0.875. The van der Waals surface area contributed by atoms with Crippen molar-refractivity contribution in [2.75, 3.05) is 6.61 Å². The minimum absolute atomic E-state index is 0.0873. The topological polar surface area (TPSA) is 21.3 Å². The number of hydrogen-bond donors (Lipinski definition) is 1. The van der Waals surface area contributed by atoms with Crippen LogP contribution in [0.4, 0.5) is 8.78 Å². The molecule has 1 aromatic rings. The first-order valence-corrected chi connectivity index (χ1v) is 7.48. The molecule has 110 valence electrons. The SMILES string of the molecule is Fc1ccc(CNC2CCOC3(CCCC3)C2)cc1F. The third-order valence-electron chi connectivity index (χ3n) is 4.59. The Kier molecular flexibility index (Phi) is 4.03. The summed E-state index contributed by atoms with van der Waals surface area (Å²) in [6, 6.07) is 4.51. The van der Waals surface area contributed by atoms with E-state index in [1.165, 1.54) is 25.0 Å². The van der Waals surface area contributed by atoms with Crippen LogP contribution in [0.2, 0.25) is 0 Å².